The number of ether oxygens (including phenoxy) is 3. The fourth-order valence-corrected chi connectivity index (χ4v) is 10.4. The van der Waals surface area contributed by atoms with Gasteiger partial charge in [-0.25, -0.2) is 13.2 Å². The third-order valence-electron chi connectivity index (χ3n) is 11.6. The van der Waals surface area contributed by atoms with E-state index in [0.29, 0.717) is 57.9 Å². The van der Waals surface area contributed by atoms with Crippen molar-refractivity contribution in [2.24, 2.45) is 0 Å². The Labute approximate surface area is 312 Å². The molecule has 0 bridgehead atoms. The van der Waals surface area contributed by atoms with E-state index in [0.717, 1.165) is 43.6 Å². The number of nitrogens with zero attached hydrogens (tertiary/aromatic N) is 6. The van der Waals surface area contributed by atoms with E-state index in [9.17, 15) is 14.4 Å². The molecule has 4 aromatic rings. The first-order valence-electron chi connectivity index (χ1n) is 18.1. The van der Waals surface area contributed by atoms with E-state index < -0.39 is 23.3 Å². The third kappa shape index (κ3) is 5.71. The predicted octanol–water partition coefficient (Wildman–Crippen LogP) is 6.22. The Morgan fingerprint density at radius 1 is 1.15 bits per heavy atom. The molecule has 0 aliphatic carbocycles. The second-order valence-electron chi connectivity index (χ2n) is 14.7. The van der Waals surface area contributed by atoms with Gasteiger partial charge in [-0.3, -0.25) is 9.69 Å². The maximum Gasteiger partial charge on any atom is 0.319 e. The molecule has 11 nitrogen and oxygen atoms in total. The highest BCUT2D eigenvalue weighted by atomic mass is 35.5. The van der Waals surface area contributed by atoms with Crippen molar-refractivity contribution in [1.82, 2.24) is 19.8 Å². The van der Waals surface area contributed by atoms with Crippen molar-refractivity contribution >= 4 is 60.7 Å². The van der Waals surface area contributed by atoms with Crippen molar-refractivity contribution in [2.45, 2.75) is 68.8 Å². The van der Waals surface area contributed by atoms with E-state index in [1.165, 1.54) is 12.1 Å². The van der Waals surface area contributed by atoms with Crippen LogP contribution in [0.4, 0.5) is 24.0 Å². The summed E-state index contributed by atoms with van der Waals surface area (Å²) in [4.78, 5) is 28.8. The number of alkyl halides is 1. The molecule has 4 atom stereocenters. The van der Waals surface area contributed by atoms with Gasteiger partial charge >= 0.3 is 6.01 Å². The summed E-state index contributed by atoms with van der Waals surface area (Å²) in [7, 11) is 0. The second-order valence-corrected chi connectivity index (χ2v) is 16.1. The van der Waals surface area contributed by atoms with Gasteiger partial charge in [-0.1, -0.05) is 17.7 Å². The minimum absolute atomic E-state index is 0.0170. The van der Waals surface area contributed by atoms with E-state index in [1.54, 1.807) is 0 Å². The van der Waals surface area contributed by atoms with Crippen LogP contribution in [0.15, 0.2) is 12.1 Å². The van der Waals surface area contributed by atoms with E-state index in [2.05, 4.69) is 9.88 Å². The summed E-state index contributed by atoms with van der Waals surface area (Å²) in [5.41, 5.74) is 5.54. The summed E-state index contributed by atoms with van der Waals surface area (Å²) in [6.07, 6.45) is 3.75. The smallest absolute Gasteiger partial charge is 0.319 e. The summed E-state index contributed by atoms with van der Waals surface area (Å²) >= 11 is 7.98. The van der Waals surface area contributed by atoms with Crippen LogP contribution >= 0.6 is 22.9 Å². The molecule has 2 N–H and O–H groups in total. The Bertz CT molecular complexity index is 2200. The molecular weight excluding hydrogens is 731 g/mol. The van der Waals surface area contributed by atoms with Gasteiger partial charge in [0.1, 0.15) is 47.6 Å². The second kappa shape index (κ2) is 13.3. The zero-order valence-electron chi connectivity index (χ0n) is 28.8. The highest BCUT2D eigenvalue weighted by molar-refractivity contribution is 7.23. The Hall–Kier alpha value is -4.10. The molecule has 4 fully saturated rings. The lowest BCUT2D eigenvalue weighted by Crippen LogP contribution is -2.43. The summed E-state index contributed by atoms with van der Waals surface area (Å²) in [5.74, 6) is -0.921. The van der Waals surface area contributed by atoms with Gasteiger partial charge < -0.3 is 29.7 Å². The topological polar surface area (TPSA) is 130 Å². The normalized spacial score (nSPS) is 25.6. The quantitative estimate of drug-likeness (QED) is 0.231. The molecule has 2 aromatic carbocycles. The number of hydrogen-bond donors (Lipinski definition) is 1. The molecule has 16 heteroatoms. The number of thiophene rings is 1. The lowest BCUT2D eigenvalue weighted by atomic mass is 9.95. The molecule has 5 aliphatic rings. The van der Waals surface area contributed by atoms with Crippen molar-refractivity contribution in [3.63, 3.8) is 0 Å². The van der Waals surface area contributed by atoms with Crippen LogP contribution in [0.1, 0.15) is 50.5 Å². The lowest BCUT2D eigenvalue weighted by molar-refractivity contribution is -0.132. The molecule has 4 saturated heterocycles. The zero-order chi connectivity index (χ0) is 36.6. The van der Waals surface area contributed by atoms with Crippen LogP contribution in [0.5, 0.6) is 11.8 Å². The van der Waals surface area contributed by atoms with Crippen molar-refractivity contribution < 1.29 is 32.2 Å². The van der Waals surface area contributed by atoms with Crippen LogP contribution in [0.2, 0.25) is 5.02 Å². The van der Waals surface area contributed by atoms with Gasteiger partial charge in [0.2, 0.25) is 5.91 Å². The fraction of sp³-hybridized carbons (Fsp3) is 0.514. The van der Waals surface area contributed by atoms with Crippen molar-refractivity contribution in [1.29, 1.82) is 5.26 Å². The number of benzene rings is 2. The minimum Gasteiger partial charge on any atom is -0.489 e. The molecule has 1 amide bonds. The summed E-state index contributed by atoms with van der Waals surface area (Å²) in [6.45, 7) is 3.36. The summed E-state index contributed by atoms with van der Waals surface area (Å²) < 4.78 is 65.5. The van der Waals surface area contributed by atoms with Gasteiger partial charge in [0, 0.05) is 49.7 Å². The highest BCUT2D eigenvalue weighted by Crippen LogP contribution is 2.51. The van der Waals surface area contributed by atoms with Gasteiger partial charge in [0.15, 0.2) is 11.6 Å². The number of fused-ring (bicyclic) bond motifs is 2. The standard InChI is InChI=1S/C37H37ClF3N7O4S/c38-29-27(22-4-5-24(40)33-26(22)23(15-42)34(43)53-33)30(41)31-28-32(29)51-12-10-48(20-6-9-46(17-20)25(49)13-21-3-1-11-50-21)35(28)45-36(44-31)52-18-37-7-2-8-47(37)16-19(39)14-37/h4-5,19-21H,1-3,6-14,16-18,43H2/t19-,20?,21+,37+/m1/s1. The maximum absolute atomic E-state index is 17.4. The molecule has 1 unspecified atom stereocenters. The van der Waals surface area contributed by atoms with E-state index >= 15 is 8.78 Å². The van der Waals surface area contributed by atoms with E-state index in [1.807, 2.05) is 15.9 Å². The van der Waals surface area contributed by atoms with Gasteiger partial charge in [0.05, 0.1) is 45.3 Å². The summed E-state index contributed by atoms with van der Waals surface area (Å²) in [5, 5.41) is 10.4. The van der Waals surface area contributed by atoms with E-state index in [-0.39, 0.29) is 90.7 Å². The Balaban J connectivity index is 1.17. The van der Waals surface area contributed by atoms with Crippen LogP contribution < -0.4 is 20.1 Å². The van der Waals surface area contributed by atoms with Crippen LogP contribution in [0.3, 0.4) is 0 Å². The minimum atomic E-state index is -0.969. The fourth-order valence-electron chi connectivity index (χ4n) is 9.10. The Morgan fingerprint density at radius 2 is 2.02 bits per heavy atom. The number of likely N-dealkylation sites (tertiary alicyclic amines) is 1. The Kier molecular flexibility index (Phi) is 8.72. The van der Waals surface area contributed by atoms with Gasteiger partial charge in [-0.05, 0) is 50.3 Å². The number of carbonyl (C=O) groups is 1. The number of anilines is 2. The van der Waals surface area contributed by atoms with Gasteiger partial charge in [-0.15, -0.1) is 11.3 Å². The van der Waals surface area contributed by atoms with Crippen molar-refractivity contribution in [2.75, 3.05) is 63.2 Å². The number of nitrogen functional groups attached to an aromatic ring is 1. The third-order valence-corrected chi connectivity index (χ3v) is 13.0. The molecule has 7 heterocycles. The molecular formula is C37H37ClF3N7O4S. The predicted molar refractivity (Wildman–Crippen MR) is 194 cm³/mol. The monoisotopic (exact) mass is 767 g/mol. The first-order valence-corrected chi connectivity index (χ1v) is 19.3. The lowest BCUT2D eigenvalue weighted by Gasteiger charge is -2.32. The zero-order valence-corrected chi connectivity index (χ0v) is 30.4. The average Bonchev–Trinajstić information content (AvgIpc) is 3.97. The molecule has 0 saturated carbocycles. The van der Waals surface area contributed by atoms with Gasteiger partial charge in [0.25, 0.3) is 0 Å². The number of nitrogens with two attached hydrogens (primary N) is 1. The van der Waals surface area contributed by atoms with Crippen molar-refractivity contribution in [3.05, 3.63) is 34.4 Å². The first kappa shape index (κ1) is 34.7. The van der Waals surface area contributed by atoms with E-state index in [4.69, 9.17) is 36.5 Å². The van der Waals surface area contributed by atoms with Gasteiger partial charge in [-0.2, -0.15) is 15.2 Å². The SMILES string of the molecule is N#Cc1c(N)sc2c(F)ccc(-c3c(Cl)c4c5c(nc(OC[C@@]67CCCN6C[C@H](F)C7)nc5c3F)N(C3CCN(C(=O)C[C@@H]5CCCO5)C3)CCO4)c12. The number of aromatic nitrogens is 2. The average molecular weight is 768 g/mol. The van der Waals surface area contributed by atoms with Crippen molar-refractivity contribution in [3.8, 4) is 29.0 Å². The summed E-state index contributed by atoms with van der Waals surface area (Å²) in [6, 6.07) is 4.33. The molecule has 278 valence electrons. The molecule has 5 aliphatic heterocycles. The maximum atomic E-state index is 17.4. The van der Waals surface area contributed by atoms with Crippen LogP contribution in [0, 0.1) is 23.0 Å². The molecule has 0 radical (unpaired) electrons. The number of halogens is 4. The highest BCUT2D eigenvalue weighted by Gasteiger charge is 2.49. The largest absolute Gasteiger partial charge is 0.489 e. The molecule has 9 rings (SSSR count). The Morgan fingerprint density at radius 3 is 2.83 bits per heavy atom. The van der Waals surface area contributed by atoms with Crippen LogP contribution in [0.25, 0.3) is 32.1 Å². The molecule has 0 spiro atoms. The van der Waals surface area contributed by atoms with Crippen LogP contribution in [-0.4, -0.2) is 102 Å². The molecule has 53 heavy (non-hydrogen) atoms. The van der Waals surface area contributed by atoms with Crippen LogP contribution in [-0.2, 0) is 9.53 Å². The number of hydrogen-bond acceptors (Lipinski definition) is 11. The number of rotatable bonds is 7. The number of nitriles is 1. The molecule has 2 aromatic heterocycles. The number of amides is 1. The first-order chi connectivity index (χ1) is 25.7. The number of carbonyl (C=O) groups excluding carboxylic acids is 1.